The minimum Gasteiger partial charge on any atom is -0.390 e. The normalized spacial score (nSPS) is 22.3. The lowest BCUT2D eigenvalue weighted by Gasteiger charge is -2.35. The molecule has 1 unspecified atom stereocenters. The number of rotatable bonds is 5. The van der Waals surface area contributed by atoms with Crippen LogP contribution in [0.2, 0.25) is 0 Å². The summed E-state index contributed by atoms with van der Waals surface area (Å²) < 4.78 is 5.87. The maximum atomic E-state index is 10.4. The summed E-state index contributed by atoms with van der Waals surface area (Å²) in [4.78, 5) is 0. The highest BCUT2D eigenvalue weighted by molar-refractivity contribution is 4.93. The molecular weight excluding hydrogens is 200 g/mol. The van der Waals surface area contributed by atoms with Crippen LogP contribution in [0.4, 0.5) is 0 Å². The van der Waals surface area contributed by atoms with Gasteiger partial charge in [-0.1, -0.05) is 33.6 Å². The van der Waals surface area contributed by atoms with Crippen LogP contribution in [0.25, 0.3) is 0 Å². The fraction of sp³-hybridized carbons (Fsp3) is 1.00. The summed E-state index contributed by atoms with van der Waals surface area (Å²) in [5.74, 6) is 0. The number of aliphatic hydroxyl groups excluding tert-OH is 1. The summed E-state index contributed by atoms with van der Waals surface area (Å²) in [6, 6.07) is 0. The minimum absolute atomic E-state index is 0.222. The molecule has 1 fully saturated rings. The molecule has 2 heteroatoms. The highest BCUT2D eigenvalue weighted by Gasteiger charge is 2.41. The third-order valence-electron chi connectivity index (χ3n) is 3.66. The van der Waals surface area contributed by atoms with Crippen LogP contribution >= 0.6 is 0 Å². The van der Waals surface area contributed by atoms with Crippen molar-refractivity contribution in [3.63, 3.8) is 0 Å². The van der Waals surface area contributed by atoms with Gasteiger partial charge in [-0.05, 0) is 38.0 Å². The van der Waals surface area contributed by atoms with Crippen LogP contribution in [0.5, 0.6) is 0 Å². The number of aliphatic hydroxyl groups is 1. The molecule has 16 heavy (non-hydrogen) atoms. The number of hydrogen-bond acceptors (Lipinski definition) is 2. The van der Waals surface area contributed by atoms with E-state index in [9.17, 15) is 5.11 Å². The molecule has 1 saturated carbocycles. The van der Waals surface area contributed by atoms with Crippen molar-refractivity contribution in [1.29, 1.82) is 0 Å². The van der Waals surface area contributed by atoms with Crippen molar-refractivity contribution in [3.05, 3.63) is 0 Å². The zero-order valence-electron chi connectivity index (χ0n) is 11.4. The Kier molecular flexibility index (Phi) is 4.81. The van der Waals surface area contributed by atoms with Crippen LogP contribution in [-0.2, 0) is 4.74 Å². The molecule has 0 aromatic rings. The molecule has 0 bridgehead atoms. The fourth-order valence-electron chi connectivity index (χ4n) is 2.67. The lowest BCUT2D eigenvalue weighted by Crippen LogP contribution is -2.43. The number of hydrogen-bond donors (Lipinski definition) is 1. The van der Waals surface area contributed by atoms with Gasteiger partial charge in [0.1, 0.15) is 0 Å². The summed E-state index contributed by atoms with van der Waals surface area (Å²) in [5, 5.41) is 10.4. The molecule has 0 aromatic heterocycles. The van der Waals surface area contributed by atoms with Gasteiger partial charge in [-0.25, -0.2) is 0 Å². The van der Waals surface area contributed by atoms with E-state index in [1.165, 1.54) is 12.8 Å². The summed E-state index contributed by atoms with van der Waals surface area (Å²) >= 11 is 0. The van der Waals surface area contributed by atoms with Gasteiger partial charge in [0.15, 0.2) is 0 Å². The van der Waals surface area contributed by atoms with Gasteiger partial charge >= 0.3 is 0 Å². The Morgan fingerprint density at radius 3 is 2.25 bits per heavy atom. The maximum absolute atomic E-state index is 10.4. The van der Waals surface area contributed by atoms with Gasteiger partial charge in [-0.15, -0.1) is 0 Å². The second-order valence-corrected chi connectivity index (χ2v) is 6.32. The van der Waals surface area contributed by atoms with E-state index in [0.29, 0.717) is 12.0 Å². The zero-order valence-corrected chi connectivity index (χ0v) is 11.4. The van der Waals surface area contributed by atoms with Crippen LogP contribution in [0.15, 0.2) is 0 Å². The first-order valence-electron chi connectivity index (χ1n) is 6.72. The lowest BCUT2D eigenvalue weighted by atomic mass is 9.84. The Bertz CT molecular complexity index is 199. The molecule has 0 saturated heterocycles. The average molecular weight is 228 g/mol. The van der Waals surface area contributed by atoms with E-state index in [0.717, 1.165) is 25.7 Å². The van der Waals surface area contributed by atoms with E-state index >= 15 is 0 Å². The van der Waals surface area contributed by atoms with Crippen LogP contribution in [0.3, 0.4) is 0 Å². The quantitative estimate of drug-likeness (QED) is 0.780. The van der Waals surface area contributed by atoms with Crippen LogP contribution in [0, 0.1) is 5.41 Å². The van der Waals surface area contributed by atoms with E-state index < -0.39 is 0 Å². The summed E-state index contributed by atoms with van der Waals surface area (Å²) in [5.41, 5.74) is 0.0764. The molecule has 2 nitrogen and oxygen atoms in total. The topological polar surface area (TPSA) is 29.5 Å². The first-order chi connectivity index (χ1) is 7.40. The van der Waals surface area contributed by atoms with Crippen LogP contribution in [-0.4, -0.2) is 23.4 Å². The first kappa shape index (κ1) is 14.0. The molecule has 0 heterocycles. The largest absolute Gasteiger partial charge is 0.390 e. The van der Waals surface area contributed by atoms with Crippen molar-refractivity contribution in [2.24, 2.45) is 5.41 Å². The van der Waals surface area contributed by atoms with Gasteiger partial charge in [0, 0.05) is 6.61 Å². The van der Waals surface area contributed by atoms with E-state index in [1.807, 2.05) is 6.92 Å². The molecule has 1 rings (SSSR count). The van der Waals surface area contributed by atoms with Crippen molar-refractivity contribution in [1.82, 2.24) is 0 Å². The minimum atomic E-state index is -0.283. The van der Waals surface area contributed by atoms with E-state index in [-0.39, 0.29) is 11.7 Å². The zero-order chi connectivity index (χ0) is 12.2. The molecular formula is C14H28O2. The predicted octanol–water partition coefficient (Wildman–Crippen LogP) is 3.52. The molecule has 96 valence electrons. The van der Waals surface area contributed by atoms with Gasteiger partial charge in [0.2, 0.25) is 0 Å². The molecule has 1 aliphatic rings. The van der Waals surface area contributed by atoms with Gasteiger partial charge in [0.25, 0.3) is 0 Å². The van der Waals surface area contributed by atoms with Crippen molar-refractivity contribution in [2.45, 2.75) is 77.9 Å². The molecule has 0 spiro atoms. The van der Waals surface area contributed by atoms with Crippen LogP contribution < -0.4 is 0 Å². The molecule has 0 radical (unpaired) electrons. The smallest absolute Gasteiger partial charge is 0.0939 e. The Balaban J connectivity index is 2.51. The van der Waals surface area contributed by atoms with E-state index in [1.54, 1.807) is 0 Å². The van der Waals surface area contributed by atoms with E-state index in [4.69, 9.17) is 4.74 Å². The lowest BCUT2D eigenvalue weighted by molar-refractivity contribution is -0.120. The first-order valence-corrected chi connectivity index (χ1v) is 6.72. The fourth-order valence-corrected chi connectivity index (χ4v) is 2.67. The predicted molar refractivity (Wildman–Crippen MR) is 67.5 cm³/mol. The second-order valence-electron chi connectivity index (χ2n) is 6.32. The van der Waals surface area contributed by atoms with Gasteiger partial charge < -0.3 is 9.84 Å². The molecule has 0 aliphatic heterocycles. The Hall–Kier alpha value is -0.0800. The molecule has 0 aromatic carbocycles. The van der Waals surface area contributed by atoms with Crippen LogP contribution in [0.1, 0.15) is 66.2 Å². The Morgan fingerprint density at radius 2 is 1.81 bits per heavy atom. The third-order valence-corrected chi connectivity index (χ3v) is 3.66. The number of ether oxygens (including phenoxy) is 1. The third kappa shape index (κ3) is 3.74. The SMILES string of the molecule is CCOC1(C(O)CCC(C)(C)C)CCCC1. The standard InChI is InChI=1S/C14H28O2/c1-5-16-14(9-6-7-10-14)12(15)8-11-13(2,3)4/h12,15H,5-11H2,1-4H3. The second kappa shape index (κ2) is 5.50. The Morgan fingerprint density at radius 1 is 1.25 bits per heavy atom. The van der Waals surface area contributed by atoms with Crippen molar-refractivity contribution >= 4 is 0 Å². The molecule has 1 atom stereocenters. The highest BCUT2D eigenvalue weighted by Crippen LogP contribution is 2.38. The summed E-state index contributed by atoms with van der Waals surface area (Å²) in [7, 11) is 0. The Labute approximate surface area is 100 Å². The highest BCUT2D eigenvalue weighted by atomic mass is 16.5. The molecule has 1 N–H and O–H groups in total. The van der Waals surface area contributed by atoms with E-state index in [2.05, 4.69) is 20.8 Å². The van der Waals surface area contributed by atoms with Crippen molar-refractivity contribution in [3.8, 4) is 0 Å². The van der Waals surface area contributed by atoms with Crippen molar-refractivity contribution in [2.75, 3.05) is 6.61 Å². The average Bonchev–Trinajstić information content (AvgIpc) is 2.63. The monoisotopic (exact) mass is 228 g/mol. The molecule has 1 aliphatic carbocycles. The van der Waals surface area contributed by atoms with Gasteiger partial charge in [-0.3, -0.25) is 0 Å². The summed E-state index contributed by atoms with van der Waals surface area (Å²) in [6.45, 7) is 9.41. The van der Waals surface area contributed by atoms with Gasteiger partial charge in [0.05, 0.1) is 11.7 Å². The molecule has 0 amide bonds. The van der Waals surface area contributed by atoms with Gasteiger partial charge in [-0.2, -0.15) is 0 Å². The maximum Gasteiger partial charge on any atom is 0.0939 e. The van der Waals surface area contributed by atoms with Crippen molar-refractivity contribution < 1.29 is 9.84 Å². The summed E-state index contributed by atoms with van der Waals surface area (Å²) in [6.07, 6.45) is 6.11.